The van der Waals surface area contributed by atoms with Gasteiger partial charge in [-0.1, -0.05) is 12.1 Å². The van der Waals surface area contributed by atoms with E-state index in [0.717, 1.165) is 10.7 Å². The van der Waals surface area contributed by atoms with Crippen LogP contribution in [0.25, 0.3) is 0 Å². The first-order valence-electron chi connectivity index (χ1n) is 5.65. The van der Waals surface area contributed by atoms with Gasteiger partial charge in [-0.3, -0.25) is 4.79 Å². The van der Waals surface area contributed by atoms with Crippen molar-refractivity contribution in [3.05, 3.63) is 47.2 Å². The number of aromatic hydroxyl groups is 1. The Balaban J connectivity index is 2.47. The van der Waals surface area contributed by atoms with Crippen LogP contribution >= 0.6 is 0 Å². The topological polar surface area (TPSA) is 55.1 Å². The number of Topliss-reactive ketones (excluding diaryl/α,β-unsaturated/α-hetero) is 1. The molecule has 1 aromatic heterocycles. The van der Waals surface area contributed by atoms with Gasteiger partial charge in [-0.2, -0.15) is 5.10 Å². The number of nitrogens with zero attached hydrogens (tertiary/aromatic N) is 2. The minimum Gasteiger partial charge on any atom is -0.493 e. The molecule has 1 aromatic carbocycles. The zero-order valence-electron chi connectivity index (χ0n) is 10.4. The van der Waals surface area contributed by atoms with Gasteiger partial charge in [-0.05, 0) is 13.0 Å². The standard InChI is InChI=1S/C13H12F2N2O2/c1-7(9-4-3-5-10(14)13(9)15)17-12(19)6-11(16-17)8(2)18/h3-7,19H,1-2H3. The predicted octanol–water partition coefficient (Wildman–Crippen LogP) is 2.68. The third-order valence-electron chi connectivity index (χ3n) is 2.88. The van der Waals surface area contributed by atoms with Crippen LogP contribution < -0.4 is 0 Å². The number of ketones is 1. The molecule has 1 atom stereocenters. The second-order valence-corrected chi connectivity index (χ2v) is 4.21. The van der Waals surface area contributed by atoms with Gasteiger partial charge in [0.2, 0.25) is 5.88 Å². The molecule has 19 heavy (non-hydrogen) atoms. The number of benzene rings is 1. The summed E-state index contributed by atoms with van der Waals surface area (Å²) < 4.78 is 27.9. The van der Waals surface area contributed by atoms with E-state index >= 15 is 0 Å². The molecule has 1 heterocycles. The van der Waals surface area contributed by atoms with Crippen LogP contribution in [0.15, 0.2) is 24.3 Å². The molecule has 0 aliphatic rings. The molecule has 4 nitrogen and oxygen atoms in total. The van der Waals surface area contributed by atoms with Gasteiger partial charge in [0.1, 0.15) is 5.69 Å². The molecule has 0 saturated carbocycles. The quantitative estimate of drug-likeness (QED) is 0.869. The summed E-state index contributed by atoms with van der Waals surface area (Å²) in [7, 11) is 0. The largest absolute Gasteiger partial charge is 0.493 e. The Morgan fingerprint density at radius 3 is 2.68 bits per heavy atom. The molecule has 0 radical (unpaired) electrons. The minimum atomic E-state index is -0.991. The maximum absolute atomic E-state index is 13.7. The summed E-state index contributed by atoms with van der Waals surface area (Å²) in [5.41, 5.74) is 0.120. The number of hydrogen-bond donors (Lipinski definition) is 1. The van der Waals surface area contributed by atoms with Crippen LogP contribution in [0.3, 0.4) is 0 Å². The SMILES string of the molecule is CC(=O)c1cc(O)n(C(C)c2cccc(F)c2F)n1. The van der Waals surface area contributed by atoms with Crippen LogP contribution in [0.1, 0.15) is 35.9 Å². The molecule has 0 saturated heterocycles. The first-order chi connectivity index (χ1) is 8.91. The number of halogens is 2. The molecule has 0 bridgehead atoms. The average Bonchev–Trinajstić information content (AvgIpc) is 2.74. The number of carbonyl (C=O) groups is 1. The molecule has 1 N–H and O–H groups in total. The average molecular weight is 266 g/mol. The molecule has 100 valence electrons. The molecule has 0 fully saturated rings. The highest BCUT2D eigenvalue weighted by Crippen LogP contribution is 2.26. The minimum absolute atomic E-state index is 0.0495. The van der Waals surface area contributed by atoms with E-state index < -0.39 is 17.7 Å². The Morgan fingerprint density at radius 1 is 1.42 bits per heavy atom. The fraction of sp³-hybridized carbons (Fsp3) is 0.231. The Morgan fingerprint density at radius 2 is 2.11 bits per heavy atom. The highest BCUT2D eigenvalue weighted by Gasteiger charge is 2.20. The van der Waals surface area contributed by atoms with E-state index in [4.69, 9.17) is 0 Å². The maximum atomic E-state index is 13.7. The van der Waals surface area contributed by atoms with E-state index in [1.54, 1.807) is 6.92 Å². The first-order valence-corrected chi connectivity index (χ1v) is 5.65. The van der Waals surface area contributed by atoms with E-state index in [9.17, 15) is 18.7 Å². The van der Waals surface area contributed by atoms with Crippen molar-refractivity contribution in [1.82, 2.24) is 9.78 Å². The normalized spacial score (nSPS) is 12.4. The molecule has 0 aliphatic carbocycles. The summed E-state index contributed by atoms with van der Waals surface area (Å²) >= 11 is 0. The van der Waals surface area contributed by atoms with Crippen LogP contribution in [-0.4, -0.2) is 20.7 Å². The van der Waals surface area contributed by atoms with Gasteiger partial charge < -0.3 is 5.11 Å². The molecule has 6 heteroatoms. The van der Waals surface area contributed by atoms with Crippen molar-refractivity contribution in [3.63, 3.8) is 0 Å². The molecule has 1 unspecified atom stereocenters. The molecule has 0 aliphatic heterocycles. The summed E-state index contributed by atoms with van der Waals surface area (Å²) in [4.78, 5) is 11.2. The molecule has 2 aromatic rings. The molecule has 0 spiro atoms. The van der Waals surface area contributed by atoms with Crippen LogP contribution in [-0.2, 0) is 0 Å². The van der Waals surface area contributed by atoms with Gasteiger partial charge in [-0.25, -0.2) is 13.5 Å². The molecule has 0 amide bonds. The summed E-state index contributed by atoms with van der Waals surface area (Å²) in [6, 6.07) is 4.24. The summed E-state index contributed by atoms with van der Waals surface area (Å²) in [6.45, 7) is 2.86. The number of aromatic nitrogens is 2. The lowest BCUT2D eigenvalue weighted by Gasteiger charge is -2.14. The lowest BCUT2D eigenvalue weighted by molar-refractivity contribution is 0.101. The van der Waals surface area contributed by atoms with Gasteiger partial charge >= 0.3 is 0 Å². The van der Waals surface area contributed by atoms with Crippen molar-refractivity contribution >= 4 is 5.78 Å². The van der Waals surface area contributed by atoms with Crippen LogP contribution in [0.4, 0.5) is 8.78 Å². The Bertz CT molecular complexity index is 638. The van der Waals surface area contributed by atoms with Gasteiger partial charge in [0.25, 0.3) is 0 Å². The van der Waals surface area contributed by atoms with Gasteiger partial charge in [0.15, 0.2) is 17.4 Å². The number of carbonyl (C=O) groups excluding carboxylic acids is 1. The molecule has 2 rings (SSSR count). The third kappa shape index (κ3) is 2.33. The van der Waals surface area contributed by atoms with Crippen LogP contribution in [0, 0.1) is 11.6 Å². The van der Waals surface area contributed by atoms with Crippen LogP contribution in [0.5, 0.6) is 5.88 Å². The van der Waals surface area contributed by atoms with Crippen molar-refractivity contribution in [2.45, 2.75) is 19.9 Å². The smallest absolute Gasteiger partial charge is 0.210 e. The number of hydrogen-bond acceptors (Lipinski definition) is 3. The Hall–Kier alpha value is -2.24. The van der Waals surface area contributed by atoms with E-state index in [1.807, 2.05) is 0 Å². The monoisotopic (exact) mass is 266 g/mol. The summed E-state index contributed by atoms with van der Waals surface area (Å²) in [5, 5.41) is 13.6. The number of rotatable bonds is 3. The van der Waals surface area contributed by atoms with Crippen molar-refractivity contribution in [2.24, 2.45) is 0 Å². The van der Waals surface area contributed by atoms with Crippen molar-refractivity contribution in [3.8, 4) is 5.88 Å². The Labute approximate surface area is 108 Å². The summed E-state index contributed by atoms with van der Waals surface area (Å²) in [6.07, 6.45) is 0. The lowest BCUT2D eigenvalue weighted by atomic mass is 10.1. The Kier molecular flexibility index (Phi) is 3.33. The van der Waals surface area contributed by atoms with Crippen molar-refractivity contribution in [2.75, 3.05) is 0 Å². The highest BCUT2D eigenvalue weighted by atomic mass is 19.2. The zero-order valence-corrected chi connectivity index (χ0v) is 10.4. The third-order valence-corrected chi connectivity index (χ3v) is 2.88. The highest BCUT2D eigenvalue weighted by molar-refractivity contribution is 5.92. The maximum Gasteiger partial charge on any atom is 0.210 e. The second kappa shape index (κ2) is 4.79. The fourth-order valence-corrected chi connectivity index (χ4v) is 1.82. The van der Waals surface area contributed by atoms with E-state index in [-0.39, 0.29) is 22.9 Å². The van der Waals surface area contributed by atoms with Crippen LogP contribution in [0.2, 0.25) is 0 Å². The van der Waals surface area contributed by atoms with E-state index in [1.165, 1.54) is 25.1 Å². The zero-order chi connectivity index (χ0) is 14.2. The van der Waals surface area contributed by atoms with Gasteiger partial charge in [-0.15, -0.1) is 0 Å². The molecular weight excluding hydrogens is 254 g/mol. The van der Waals surface area contributed by atoms with Crippen molar-refractivity contribution in [1.29, 1.82) is 0 Å². The van der Waals surface area contributed by atoms with E-state index in [0.29, 0.717) is 0 Å². The van der Waals surface area contributed by atoms with E-state index in [2.05, 4.69) is 5.10 Å². The first kappa shape index (κ1) is 13.2. The van der Waals surface area contributed by atoms with Gasteiger partial charge in [0.05, 0.1) is 6.04 Å². The lowest BCUT2D eigenvalue weighted by Crippen LogP contribution is -2.11. The second-order valence-electron chi connectivity index (χ2n) is 4.21. The van der Waals surface area contributed by atoms with Crippen molar-refractivity contribution < 1.29 is 18.7 Å². The fourth-order valence-electron chi connectivity index (χ4n) is 1.82. The summed E-state index contributed by atoms with van der Waals surface area (Å²) in [5.74, 6) is -2.56. The van der Waals surface area contributed by atoms with Gasteiger partial charge in [0, 0.05) is 18.6 Å². The predicted molar refractivity (Wildman–Crippen MR) is 64.1 cm³/mol. The molecular formula is C13H12F2N2O2.